The van der Waals surface area contributed by atoms with Gasteiger partial charge in [-0.25, -0.2) is 13.1 Å². The van der Waals surface area contributed by atoms with Gasteiger partial charge in [-0.1, -0.05) is 12.1 Å². The van der Waals surface area contributed by atoms with Crippen molar-refractivity contribution in [1.29, 1.82) is 0 Å². The van der Waals surface area contributed by atoms with Crippen LogP contribution in [0.2, 0.25) is 0 Å². The first kappa shape index (κ1) is 13.8. The predicted molar refractivity (Wildman–Crippen MR) is 68.4 cm³/mol. The van der Waals surface area contributed by atoms with Gasteiger partial charge in [-0.3, -0.25) is 0 Å². The first-order chi connectivity index (χ1) is 7.91. The SMILES string of the molecule is CC(C)NS(=O)(=O)CCOc1ccccc1N. The maximum atomic E-state index is 11.5. The molecule has 5 nitrogen and oxygen atoms in total. The molecule has 0 aliphatic carbocycles. The topological polar surface area (TPSA) is 81.4 Å². The number of hydrogen-bond acceptors (Lipinski definition) is 4. The van der Waals surface area contributed by atoms with Crippen LogP contribution >= 0.6 is 0 Å². The van der Waals surface area contributed by atoms with Crippen molar-refractivity contribution in [3.8, 4) is 5.75 Å². The second kappa shape index (κ2) is 5.88. The van der Waals surface area contributed by atoms with E-state index in [-0.39, 0.29) is 18.4 Å². The zero-order chi connectivity index (χ0) is 12.9. The van der Waals surface area contributed by atoms with E-state index in [0.29, 0.717) is 11.4 Å². The Morgan fingerprint density at radius 1 is 1.35 bits per heavy atom. The number of rotatable bonds is 6. The van der Waals surface area contributed by atoms with Crippen LogP contribution in [0, 0.1) is 0 Å². The van der Waals surface area contributed by atoms with E-state index in [4.69, 9.17) is 10.5 Å². The molecule has 1 aromatic carbocycles. The maximum Gasteiger partial charge on any atom is 0.215 e. The Labute approximate surface area is 102 Å². The number of anilines is 1. The number of hydrogen-bond donors (Lipinski definition) is 2. The summed E-state index contributed by atoms with van der Waals surface area (Å²) in [4.78, 5) is 0. The van der Waals surface area contributed by atoms with E-state index in [1.54, 1.807) is 38.1 Å². The fraction of sp³-hybridized carbons (Fsp3) is 0.455. The molecule has 1 rings (SSSR count). The lowest BCUT2D eigenvalue weighted by Crippen LogP contribution is -2.34. The highest BCUT2D eigenvalue weighted by molar-refractivity contribution is 7.89. The minimum atomic E-state index is -3.28. The standard InChI is InChI=1S/C11H18N2O3S/c1-9(2)13-17(14,15)8-7-16-11-6-4-3-5-10(11)12/h3-6,9,13H,7-8,12H2,1-2H3. The number of nitrogens with two attached hydrogens (primary N) is 1. The molecular formula is C11H18N2O3S. The van der Waals surface area contributed by atoms with Gasteiger partial charge in [0.1, 0.15) is 12.4 Å². The summed E-state index contributed by atoms with van der Waals surface area (Å²) in [5.74, 6) is 0.423. The van der Waals surface area contributed by atoms with Gasteiger partial charge >= 0.3 is 0 Å². The Bertz CT molecular complexity index is 458. The summed E-state index contributed by atoms with van der Waals surface area (Å²) < 4.78 is 30.8. The van der Waals surface area contributed by atoms with Crippen molar-refractivity contribution >= 4 is 15.7 Å². The van der Waals surface area contributed by atoms with Crippen molar-refractivity contribution in [1.82, 2.24) is 4.72 Å². The first-order valence-corrected chi connectivity index (χ1v) is 7.03. The lowest BCUT2D eigenvalue weighted by molar-refractivity contribution is 0.342. The predicted octanol–water partition coefficient (Wildman–Crippen LogP) is 0.975. The van der Waals surface area contributed by atoms with Gasteiger partial charge < -0.3 is 10.5 Å². The highest BCUT2D eigenvalue weighted by Crippen LogP contribution is 2.19. The molecule has 3 N–H and O–H groups in total. The van der Waals surface area contributed by atoms with Crippen LogP contribution in [0.5, 0.6) is 5.75 Å². The van der Waals surface area contributed by atoms with Crippen LogP contribution in [-0.2, 0) is 10.0 Å². The first-order valence-electron chi connectivity index (χ1n) is 5.38. The van der Waals surface area contributed by atoms with Gasteiger partial charge in [-0.2, -0.15) is 0 Å². The molecular weight excluding hydrogens is 240 g/mol. The van der Waals surface area contributed by atoms with Crippen molar-refractivity contribution in [2.24, 2.45) is 0 Å². The average Bonchev–Trinajstić information content (AvgIpc) is 2.18. The summed E-state index contributed by atoms with van der Waals surface area (Å²) in [7, 11) is -3.28. The Morgan fingerprint density at radius 3 is 2.59 bits per heavy atom. The normalized spacial score (nSPS) is 11.7. The van der Waals surface area contributed by atoms with Gasteiger partial charge in [0, 0.05) is 6.04 Å². The molecule has 0 spiro atoms. The molecule has 0 bridgehead atoms. The van der Waals surface area contributed by atoms with Gasteiger partial charge in [0.15, 0.2) is 0 Å². The van der Waals surface area contributed by atoms with Crippen LogP contribution in [0.15, 0.2) is 24.3 Å². The summed E-state index contributed by atoms with van der Waals surface area (Å²) in [6.45, 7) is 3.62. The Hall–Kier alpha value is -1.27. The van der Waals surface area contributed by atoms with Crippen LogP contribution in [0.25, 0.3) is 0 Å². The molecule has 0 aliphatic heterocycles. The molecule has 0 amide bonds. The van der Waals surface area contributed by atoms with Crippen molar-refractivity contribution in [3.05, 3.63) is 24.3 Å². The van der Waals surface area contributed by atoms with Gasteiger partial charge in [0.25, 0.3) is 0 Å². The van der Waals surface area contributed by atoms with E-state index in [1.807, 2.05) is 0 Å². The van der Waals surface area contributed by atoms with E-state index in [0.717, 1.165) is 0 Å². The Balaban J connectivity index is 2.46. The molecule has 0 heterocycles. The fourth-order valence-electron chi connectivity index (χ4n) is 1.29. The van der Waals surface area contributed by atoms with Crippen molar-refractivity contribution in [3.63, 3.8) is 0 Å². The minimum Gasteiger partial charge on any atom is -0.490 e. The van der Waals surface area contributed by atoms with Crippen LogP contribution < -0.4 is 15.2 Å². The number of ether oxygens (including phenoxy) is 1. The molecule has 17 heavy (non-hydrogen) atoms. The van der Waals surface area contributed by atoms with E-state index < -0.39 is 10.0 Å². The summed E-state index contributed by atoms with van der Waals surface area (Å²) in [6, 6.07) is 6.88. The third-order valence-corrected chi connectivity index (χ3v) is 3.48. The molecule has 96 valence electrons. The Kier molecular flexibility index (Phi) is 4.77. The minimum absolute atomic E-state index is 0.0796. The van der Waals surface area contributed by atoms with Crippen molar-refractivity contribution in [2.45, 2.75) is 19.9 Å². The smallest absolute Gasteiger partial charge is 0.215 e. The zero-order valence-electron chi connectivity index (χ0n) is 10.0. The van der Waals surface area contributed by atoms with Crippen LogP contribution in [0.1, 0.15) is 13.8 Å². The quantitative estimate of drug-likeness (QED) is 0.745. The summed E-state index contributed by atoms with van der Waals surface area (Å²) in [5.41, 5.74) is 6.16. The fourth-order valence-corrected chi connectivity index (χ4v) is 2.43. The number of sulfonamides is 1. The van der Waals surface area contributed by atoms with Crippen LogP contribution in [0.3, 0.4) is 0 Å². The van der Waals surface area contributed by atoms with E-state index in [9.17, 15) is 8.42 Å². The second-order valence-corrected chi connectivity index (χ2v) is 5.85. The van der Waals surface area contributed by atoms with Crippen molar-refractivity contribution in [2.75, 3.05) is 18.1 Å². The van der Waals surface area contributed by atoms with E-state index in [2.05, 4.69) is 4.72 Å². The lowest BCUT2D eigenvalue weighted by Gasteiger charge is -2.11. The van der Waals surface area contributed by atoms with Crippen molar-refractivity contribution < 1.29 is 13.2 Å². The van der Waals surface area contributed by atoms with Gasteiger partial charge in [-0.15, -0.1) is 0 Å². The number of para-hydroxylation sites is 2. The molecule has 0 radical (unpaired) electrons. The monoisotopic (exact) mass is 258 g/mol. The lowest BCUT2D eigenvalue weighted by atomic mass is 10.3. The van der Waals surface area contributed by atoms with E-state index in [1.165, 1.54) is 0 Å². The van der Waals surface area contributed by atoms with Crippen LogP contribution in [0.4, 0.5) is 5.69 Å². The summed E-state index contributed by atoms with van der Waals surface area (Å²) in [5, 5.41) is 0. The molecule has 0 fully saturated rings. The highest BCUT2D eigenvalue weighted by Gasteiger charge is 2.12. The Morgan fingerprint density at radius 2 is 2.00 bits per heavy atom. The average molecular weight is 258 g/mol. The number of nitrogens with one attached hydrogen (secondary N) is 1. The maximum absolute atomic E-state index is 11.5. The molecule has 0 saturated heterocycles. The third kappa shape index (κ3) is 5.06. The van der Waals surface area contributed by atoms with Gasteiger partial charge in [-0.05, 0) is 26.0 Å². The number of benzene rings is 1. The largest absolute Gasteiger partial charge is 0.490 e. The molecule has 6 heteroatoms. The summed E-state index contributed by atoms with van der Waals surface area (Å²) in [6.07, 6.45) is 0. The van der Waals surface area contributed by atoms with Crippen LogP contribution in [-0.4, -0.2) is 26.8 Å². The molecule has 1 aromatic rings. The molecule has 0 aromatic heterocycles. The van der Waals surface area contributed by atoms with Gasteiger partial charge in [0.2, 0.25) is 10.0 Å². The van der Waals surface area contributed by atoms with E-state index >= 15 is 0 Å². The zero-order valence-corrected chi connectivity index (χ0v) is 10.8. The molecule has 0 atom stereocenters. The highest BCUT2D eigenvalue weighted by atomic mass is 32.2. The van der Waals surface area contributed by atoms with Gasteiger partial charge in [0.05, 0.1) is 11.4 Å². The summed E-state index contributed by atoms with van der Waals surface area (Å²) >= 11 is 0. The third-order valence-electron chi connectivity index (χ3n) is 1.94. The molecule has 0 unspecified atom stereocenters. The second-order valence-electron chi connectivity index (χ2n) is 3.98. The number of nitrogen functional groups attached to an aromatic ring is 1. The molecule has 0 saturated carbocycles. The molecule has 0 aliphatic rings.